The lowest BCUT2D eigenvalue weighted by Gasteiger charge is -2.24. The van der Waals surface area contributed by atoms with Gasteiger partial charge in [-0.2, -0.15) is 8.78 Å². The zero-order valence-electron chi connectivity index (χ0n) is 18.7. The fourth-order valence-electron chi connectivity index (χ4n) is 4.51. The Balaban J connectivity index is 1.31. The van der Waals surface area contributed by atoms with Gasteiger partial charge < -0.3 is 20.3 Å². The molecule has 2 N–H and O–H groups in total. The van der Waals surface area contributed by atoms with Crippen molar-refractivity contribution in [2.75, 3.05) is 47.8 Å². The standard InChI is InChI=1S/C21H21F4N7O4/c22-13-7-11(30-10-12(36-21(30)35)9-28-19(33)17(24)25)8-14(23)16(13)29-3-5-31-18-15(26-1-2-27-18)20(34)32(31)6-4-29/h1,7-8,12,17,27H,2-6,9-10H2,(H,28,33)/t12-/m0/s1. The summed E-state index contributed by atoms with van der Waals surface area (Å²) in [6.45, 7) is 0.708. The lowest BCUT2D eigenvalue weighted by atomic mass is 10.2. The second kappa shape index (κ2) is 9.20. The highest BCUT2D eigenvalue weighted by molar-refractivity contribution is 5.90. The van der Waals surface area contributed by atoms with Crippen LogP contribution in [0.1, 0.15) is 0 Å². The first-order valence-corrected chi connectivity index (χ1v) is 11.1. The third kappa shape index (κ3) is 4.13. The van der Waals surface area contributed by atoms with Crippen molar-refractivity contribution in [3.8, 4) is 0 Å². The van der Waals surface area contributed by atoms with E-state index < -0.39 is 36.2 Å². The average Bonchev–Trinajstić information content (AvgIpc) is 3.25. The first-order chi connectivity index (χ1) is 17.2. The highest BCUT2D eigenvalue weighted by atomic mass is 19.3. The van der Waals surface area contributed by atoms with Gasteiger partial charge in [0.05, 0.1) is 38.4 Å². The van der Waals surface area contributed by atoms with Crippen molar-refractivity contribution in [3.05, 3.63) is 34.1 Å². The second-order valence-corrected chi connectivity index (χ2v) is 8.35. The van der Waals surface area contributed by atoms with Crippen molar-refractivity contribution in [1.82, 2.24) is 14.7 Å². The van der Waals surface area contributed by atoms with E-state index in [1.54, 1.807) is 10.9 Å². The predicted molar refractivity (Wildman–Crippen MR) is 121 cm³/mol. The molecule has 2 amide bonds. The van der Waals surface area contributed by atoms with Crippen molar-refractivity contribution < 1.29 is 31.9 Å². The van der Waals surface area contributed by atoms with Crippen molar-refractivity contribution in [1.29, 1.82) is 0 Å². The monoisotopic (exact) mass is 511 g/mol. The molecular weight excluding hydrogens is 490 g/mol. The number of aromatic nitrogens is 2. The molecular formula is C21H21F4N7O4. The van der Waals surface area contributed by atoms with Crippen molar-refractivity contribution in [2.24, 2.45) is 4.99 Å². The van der Waals surface area contributed by atoms with Gasteiger partial charge in [0.2, 0.25) is 0 Å². The van der Waals surface area contributed by atoms with Gasteiger partial charge in [-0.1, -0.05) is 0 Å². The van der Waals surface area contributed by atoms with Gasteiger partial charge in [-0.25, -0.2) is 23.2 Å². The topological polar surface area (TPSA) is 113 Å². The molecule has 0 unspecified atom stereocenters. The summed E-state index contributed by atoms with van der Waals surface area (Å²) < 4.78 is 63.2. The Kier molecular flexibility index (Phi) is 6.05. The number of cyclic esters (lactones) is 1. The van der Waals surface area contributed by atoms with Crippen LogP contribution < -0.4 is 26.0 Å². The number of hydrogen-bond donors (Lipinski definition) is 2. The minimum atomic E-state index is -3.22. The molecule has 0 saturated carbocycles. The maximum Gasteiger partial charge on any atom is 0.414 e. The normalized spacial score (nSPS) is 19.0. The summed E-state index contributed by atoms with van der Waals surface area (Å²) in [7, 11) is 0. The Morgan fingerprint density at radius 1 is 1.14 bits per heavy atom. The summed E-state index contributed by atoms with van der Waals surface area (Å²) in [5.74, 6) is -2.79. The van der Waals surface area contributed by atoms with Crippen molar-refractivity contribution >= 4 is 41.1 Å². The molecule has 3 aliphatic heterocycles. The minimum absolute atomic E-state index is 0.116. The zero-order chi connectivity index (χ0) is 25.6. The molecule has 3 aliphatic rings. The van der Waals surface area contributed by atoms with E-state index in [1.165, 1.54) is 9.58 Å². The first kappa shape index (κ1) is 23.7. The zero-order valence-corrected chi connectivity index (χ0v) is 18.7. The molecule has 2 aromatic rings. The predicted octanol–water partition coefficient (Wildman–Crippen LogP) is 1.28. The summed E-state index contributed by atoms with van der Waals surface area (Å²) >= 11 is 0. The van der Waals surface area contributed by atoms with Crippen LogP contribution in [0.5, 0.6) is 0 Å². The lowest BCUT2D eigenvalue weighted by Crippen LogP contribution is -2.37. The smallest absolute Gasteiger partial charge is 0.414 e. The van der Waals surface area contributed by atoms with E-state index in [4.69, 9.17) is 4.74 Å². The van der Waals surface area contributed by atoms with Crippen LogP contribution in [0, 0.1) is 11.6 Å². The molecule has 0 aliphatic carbocycles. The molecule has 5 rings (SSSR count). The molecule has 0 bridgehead atoms. The number of anilines is 3. The van der Waals surface area contributed by atoms with Crippen LogP contribution in [0.2, 0.25) is 0 Å². The molecule has 1 atom stereocenters. The number of hydrogen-bond acceptors (Lipinski definition) is 7. The van der Waals surface area contributed by atoms with Crippen LogP contribution in [0.25, 0.3) is 0 Å². The molecule has 1 aromatic carbocycles. The maximum absolute atomic E-state index is 15.1. The molecule has 192 valence electrons. The molecule has 1 saturated heterocycles. The Morgan fingerprint density at radius 3 is 2.53 bits per heavy atom. The number of benzene rings is 1. The number of halogens is 4. The number of aliphatic imine (C=N–C) groups is 1. The van der Waals surface area contributed by atoms with Gasteiger partial charge in [-0.15, -0.1) is 0 Å². The van der Waals surface area contributed by atoms with Gasteiger partial charge in [0.1, 0.15) is 11.8 Å². The van der Waals surface area contributed by atoms with Gasteiger partial charge in [0, 0.05) is 31.4 Å². The average molecular weight is 511 g/mol. The molecule has 11 nitrogen and oxygen atoms in total. The molecule has 15 heteroatoms. The minimum Gasteiger partial charge on any atom is -0.442 e. The Hall–Kier alpha value is -4.04. The lowest BCUT2D eigenvalue weighted by molar-refractivity contribution is -0.132. The number of rotatable bonds is 5. The van der Waals surface area contributed by atoms with Crippen molar-refractivity contribution in [2.45, 2.75) is 25.6 Å². The third-order valence-corrected chi connectivity index (χ3v) is 6.16. The molecule has 0 spiro atoms. The fraction of sp³-hybridized carbons (Fsp3) is 0.429. The Bertz CT molecular complexity index is 1280. The van der Waals surface area contributed by atoms with E-state index in [0.29, 0.717) is 18.1 Å². The van der Waals surface area contributed by atoms with Crippen LogP contribution in [-0.4, -0.2) is 72.8 Å². The molecule has 0 radical (unpaired) electrons. The summed E-state index contributed by atoms with van der Waals surface area (Å²) in [6.07, 6.45) is -3.51. The summed E-state index contributed by atoms with van der Waals surface area (Å²) in [5.41, 5.74) is -0.403. The first-order valence-electron chi connectivity index (χ1n) is 11.1. The van der Waals surface area contributed by atoms with E-state index >= 15 is 8.78 Å². The van der Waals surface area contributed by atoms with E-state index in [9.17, 15) is 23.2 Å². The Labute approximate surface area is 200 Å². The van der Waals surface area contributed by atoms with Crippen LogP contribution in [0.15, 0.2) is 21.9 Å². The summed E-state index contributed by atoms with van der Waals surface area (Å²) in [5, 5.41) is 5.04. The number of alkyl halides is 2. The van der Waals surface area contributed by atoms with Crippen molar-refractivity contribution in [3.63, 3.8) is 0 Å². The molecule has 4 heterocycles. The quantitative estimate of drug-likeness (QED) is 0.585. The summed E-state index contributed by atoms with van der Waals surface area (Å²) in [6, 6.07) is 1.96. The number of nitrogens with one attached hydrogen (secondary N) is 2. The van der Waals surface area contributed by atoms with Gasteiger partial charge >= 0.3 is 12.5 Å². The Morgan fingerprint density at radius 2 is 1.83 bits per heavy atom. The third-order valence-electron chi connectivity index (χ3n) is 6.16. The van der Waals surface area contributed by atoms with Crippen LogP contribution in [0.3, 0.4) is 0 Å². The number of nitrogens with zero attached hydrogens (tertiary/aromatic N) is 5. The van der Waals surface area contributed by atoms with Gasteiger partial charge in [-0.3, -0.25) is 19.2 Å². The van der Waals surface area contributed by atoms with Crippen LogP contribution >= 0.6 is 0 Å². The molecule has 1 fully saturated rings. The molecule has 36 heavy (non-hydrogen) atoms. The number of ether oxygens (including phenoxy) is 1. The van der Waals surface area contributed by atoms with E-state index in [-0.39, 0.29) is 56.2 Å². The number of carbonyl (C=O) groups is 2. The van der Waals surface area contributed by atoms with Crippen LogP contribution in [0.4, 0.5) is 45.2 Å². The van der Waals surface area contributed by atoms with Gasteiger partial charge in [-0.05, 0) is 0 Å². The highest BCUT2D eigenvalue weighted by Gasteiger charge is 2.35. The van der Waals surface area contributed by atoms with Crippen LogP contribution in [-0.2, 0) is 22.6 Å². The van der Waals surface area contributed by atoms with E-state index in [1.807, 2.05) is 5.32 Å². The number of amides is 2. The largest absolute Gasteiger partial charge is 0.442 e. The van der Waals surface area contributed by atoms with Gasteiger partial charge in [0.25, 0.3) is 11.5 Å². The SMILES string of the molecule is O=C(NC[C@H]1CN(c2cc(F)c(N3CCn4c5c(c(=O)n4CC3)N=CCN5)c(F)c2)C(=O)O1)C(F)F. The fourth-order valence-corrected chi connectivity index (χ4v) is 4.51. The highest BCUT2D eigenvalue weighted by Crippen LogP contribution is 2.32. The maximum atomic E-state index is 15.1. The second-order valence-electron chi connectivity index (χ2n) is 8.35. The molecule has 1 aromatic heterocycles. The van der Waals surface area contributed by atoms with Gasteiger partial charge in [0.15, 0.2) is 23.1 Å². The summed E-state index contributed by atoms with van der Waals surface area (Å²) in [4.78, 5) is 42.5. The van der Waals surface area contributed by atoms with E-state index in [0.717, 1.165) is 17.0 Å². The number of fused-ring (bicyclic) bond motifs is 3. The number of carbonyl (C=O) groups excluding carboxylic acids is 2. The van der Waals surface area contributed by atoms with E-state index in [2.05, 4.69) is 10.3 Å².